The van der Waals surface area contributed by atoms with E-state index in [-0.39, 0.29) is 6.42 Å². The lowest BCUT2D eigenvalue weighted by Gasteiger charge is -1.94. The summed E-state index contributed by atoms with van der Waals surface area (Å²) in [5, 5.41) is 8.74. The van der Waals surface area contributed by atoms with Crippen LogP contribution in [0.25, 0.3) is 0 Å². The van der Waals surface area contributed by atoms with Gasteiger partial charge in [-0.25, -0.2) is 0 Å². The molecule has 1 N–H and O–H groups in total. The monoisotopic (exact) mass is 135 g/mol. The van der Waals surface area contributed by atoms with Crippen molar-refractivity contribution < 1.29 is 9.90 Å². The molecule has 0 aliphatic carbocycles. The van der Waals surface area contributed by atoms with Crippen LogP contribution in [-0.2, 0) is 4.79 Å². The first-order chi connectivity index (χ1) is 3.63. The number of hydrogen-bond donors (Lipinski definition) is 1. The van der Waals surface area contributed by atoms with E-state index in [2.05, 4.69) is 0 Å². The summed E-state index contributed by atoms with van der Waals surface area (Å²) < 4.78 is 0. The minimum Gasteiger partial charge on any atom is -0.481 e. The molecule has 0 aromatic rings. The molecule has 0 atom stereocenters. The van der Waals surface area contributed by atoms with Gasteiger partial charge in [-0.3, -0.25) is 4.79 Å². The number of carboxylic acid groups (broad SMARTS) is 1. The van der Waals surface area contributed by atoms with Gasteiger partial charge in [0.25, 0.3) is 0 Å². The third-order valence-electron chi connectivity index (χ3n) is 0.683. The normalized spacial score (nSPS) is 9.88. The maximum atomic E-state index is 9.83. The molecule has 0 saturated heterocycles. The second-order valence-corrected chi connectivity index (χ2v) is 2.22. The Hall–Kier alpha value is -0.240. The van der Waals surface area contributed by atoms with Gasteiger partial charge in [0, 0.05) is 6.42 Å². The Morgan fingerprint density at radius 1 is 1.62 bits per heavy atom. The first-order valence-electron chi connectivity index (χ1n) is 2.32. The standard InChI is InChI=1S/C5H8ClO2/c1-4(6)2-3-5(7)8/h2-3H2,1H3,(H,7,8). The largest absolute Gasteiger partial charge is 0.481 e. The predicted octanol–water partition coefficient (Wildman–Crippen LogP) is 1.64. The third kappa shape index (κ3) is 5.76. The van der Waals surface area contributed by atoms with Crippen LogP contribution in [-0.4, -0.2) is 11.1 Å². The van der Waals surface area contributed by atoms with E-state index in [1.807, 2.05) is 0 Å². The molecule has 0 spiro atoms. The molecule has 0 aliphatic heterocycles. The molecule has 0 aromatic heterocycles. The highest BCUT2D eigenvalue weighted by atomic mass is 35.5. The van der Waals surface area contributed by atoms with Gasteiger partial charge in [0.2, 0.25) is 0 Å². The number of aliphatic carboxylic acids is 1. The number of rotatable bonds is 3. The van der Waals surface area contributed by atoms with Crippen molar-refractivity contribution in [2.45, 2.75) is 19.8 Å². The molecule has 0 bridgehead atoms. The molecule has 0 heterocycles. The zero-order valence-electron chi connectivity index (χ0n) is 4.65. The van der Waals surface area contributed by atoms with Gasteiger partial charge in [-0.05, 0) is 13.3 Å². The fraction of sp³-hybridized carbons (Fsp3) is 0.600. The predicted molar refractivity (Wildman–Crippen MR) is 31.6 cm³/mol. The van der Waals surface area contributed by atoms with Gasteiger partial charge in [-0.2, -0.15) is 0 Å². The Morgan fingerprint density at radius 2 is 2.12 bits per heavy atom. The lowest BCUT2D eigenvalue weighted by Crippen LogP contribution is -1.94. The Bertz CT molecular complexity index is 80.5. The van der Waals surface area contributed by atoms with E-state index in [4.69, 9.17) is 16.7 Å². The highest BCUT2D eigenvalue weighted by Crippen LogP contribution is 2.11. The van der Waals surface area contributed by atoms with Gasteiger partial charge in [0.05, 0.1) is 5.38 Å². The quantitative estimate of drug-likeness (QED) is 0.639. The van der Waals surface area contributed by atoms with E-state index < -0.39 is 5.97 Å². The van der Waals surface area contributed by atoms with Crippen LogP contribution >= 0.6 is 11.6 Å². The number of halogens is 1. The summed E-state index contributed by atoms with van der Waals surface area (Å²) in [5.41, 5.74) is 0. The Kier molecular flexibility index (Phi) is 3.61. The van der Waals surface area contributed by atoms with Gasteiger partial charge < -0.3 is 5.11 Å². The molecule has 1 radical (unpaired) electrons. The SMILES string of the molecule is C[C](Cl)CCC(=O)O. The fourth-order valence-electron chi connectivity index (χ4n) is 0.279. The topological polar surface area (TPSA) is 37.3 Å². The number of carboxylic acids is 1. The molecule has 0 saturated carbocycles. The minimum absolute atomic E-state index is 0.134. The van der Waals surface area contributed by atoms with E-state index in [1.54, 1.807) is 6.92 Å². The summed E-state index contributed by atoms with van der Waals surface area (Å²) in [6, 6.07) is 0. The van der Waals surface area contributed by atoms with E-state index in [9.17, 15) is 4.79 Å². The molecule has 0 aliphatic rings. The highest BCUT2D eigenvalue weighted by Gasteiger charge is 2.00. The van der Waals surface area contributed by atoms with Crippen molar-refractivity contribution in [1.29, 1.82) is 0 Å². The van der Waals surface area contributed by atoms with Crippen LogP contribution in [0.5, 0.6) is 0 Å². The molecule has 3 heteroatoms. The zero-order valence-corrected chi connectivity index (χ0v) is 5.40. The van der Waals surface area contributed by atoms with Crippen molar-refractivity contribution in [3.05, 3.63) is 5.38 Å². The molecule has 0 amide bonds. The first kappa shape index (κ1) is 7.76. The smallest absolute Gasteiger partial charge is 0.303 e. The van der Waals surface area contributed by atoms with E-state index in [0.29, 0.717) is 11.8 Å². The van der Waals surface area contributed by atoms with Crippen molar-refractivity contribution in [3.8, 4) is 0 Å². The Labute approximate surface area is 53.5 Å². The fourth-order valence-corrected chi connectivity index (χ4v) is 0.374. The molecule has 47 valence electrons. The molecule has 8 heavy (non-hydrogen) atoms. The van der Waals surface area contributed by atoms with Crippen LogP contribution in [0.15, 0.2) is 0 Å². The maximum absolute atomic E-state index is 9.83. The Balaban J connectivity index is 3.05. The maximum Gasteiger partial charge on any atom is 0.303 e. The molecule has 2 nitrogen and oxygen atoms in total. The highest BCUT2D eigenvalue weighted by molar-refractivity contribution is 6.26. The number of carbonyl (C=O) groups is 1. The summed E-state index contributed by atoms with van der Waals surface area (Å²) in [7, 11) is 0. The van der Waals surface area contributed by atoms with E-state index >= 15 is 0 Å². The average Bonchev–Trinajstić information content (AvgIpc) is 1.61. The first-order valence-corrected chi connectivity index (χ1v) is 2.70. The van der Waals surface area contributed by atoms with Crippen LogP contribution in [0.2, 0.25) is 0 Å². The summed E-state index contributed by atoms with van der Waals surface area (Å²) in [5.74, 6) is -0.801. The van der Waals surface area contributed by atoms with Crippen LogP contribution in [0.1, 0.15) is 19.8 Å². The Morgan fingerprint density at radius 3 is 2.25 bits per heavy atom. The van der Waals surface area contributed by atoms with Gasteiger partial charge in [-0.15, -0.1) is 11.6 Å². The number of hydrogen-bond acceptors (Lipinski definition) is 1. The van der Waals surface area contributed by atoms with Crippen molar-refractivity contribution in [2.24, 2.45) is 0 Å². The molecule has 0 fully saturated rings. The summed E-state index contributed by atoms with van der Waals surface area (Å²) in [6.07, 6.45) is 0.603. The van der Waals surface area contributed by atoms with Crippen molar-refractivity contribution >= 4 is 17.6 Å². The van der Waals surface area contributed by atoms with Crippen molar-refractivity contribution in [3.63, 3.8) is 0 Å². The molecule has 0 aromatic carbocycles. The van der Waals surface area contributed by atoms with E-state index in [1.165, 1.54) is 0 Å². The molecular formula is C5H8ClO2. The molecule has 0 rings (SSSR count). The van der Waals surface area contributed by atoms with Crippen LogP contribution in [0.3, 0.4) is 0 Å². The molecular weight excluding hydrogens is 128 g/mol. The van der Waals surface area contributed by atoms with Crippen LogP contribution < -0.4 is 0 Å². The second-order valence-electron chi connectivity index (χ2n) is 1.57. The van der Waals surface area contributed by atoms with Crippen molar-refractivity contribution in [2.75, 3.05) is 0 Å². The lowest BCUT2D eigenvalue weighted by molar-refractivity contribution is -0.137. The lowest BCUT2D eigenvalue weighted by atomic mass is 10.2. The van der Waals surface area contributed by atoms with E-state index in [0.717, 1.165) is 0 Å². The summed E-state index contributed by atoms with van der Waals surface area (Å²) in [4.78, 5) is 9.83. The summed E-state index contributed by atoms with van der Waals surface area (Å²) >= 11 is 5.38. The minimum atomic E-state index is -0.801. The van der Waals surface area contributed by atoms with Crippen LogP contribution in [0, 0.1) is 5.38 Å². The van der Waals surface area contributed by atoms with Crippen LogP contribution in [0.4, 0.5) is 0 Å². The summed E-state index contributed by atoms with van der Waals surface area (Å²) in [6.45, 7) is 1.70. The third-order valence-corrected chi connectivity index (χ3v) is 0.872. The van der Waals surface area contributed by atoms with Gasteiger partial charge in [0.15, 0.2) is 0 Å². The average molecular weight is 136 g/mol. The van der Waals surface area contributed by atoms with Gasteiger partial charge >= 0.3 is 5.97 Å². The second kappa shape index (κ2) is 3.72. The van der Waals surface area contributed by atoms with Gasteiger partial charge in [0.1, 0.15) is 0 Å². The zero-order chi connectivity index (χ0) is 6.57. The van der Waals surface area contributed by atoms with Gasteiger partial charge in [-0.1, -0.05) is 0 Å². The van der Waals surface area contributed by atoms with Crippen molar-refractivity contribution in [1.82, 2.24) is 0 Å². The molecule has 0 unspecified atom stereocenters.